The number of nitrogens with zero attached hydrogens (tertiary/aromatic N) is 2. The molecule has 0 aliphatic heterocycles. The third-order valence-corrected chi connectivity index (χ3v) is 3.91. The van der Waals surface area contributed by atoms with Crippen molar-refractivity contribution in [2.75, 3.05) is 6.61 Å². The molecule has 1 aromatic carbocycles. The number of carboxylic acids is 1. The van der Waals surface area contributed by atoms with Crippen LogP contribution in [0.5, 0.6) is 0 Å². The molecule has 1 unspecified atom stereocenters. The van der Waals surface area contributed by atoms with Crippen LogP contribution in [-0.4, -0.2) is 56.2 Å². The molecule has 152 valence electrons. The largest absolute Gasteiger partial charge is 0.480 e. The van der Waals surface area contributed by atoms with Crippen molar-refractivity contribution in [3.8, 4) is 0 Å². The maximum absolute atomic E-state index is 12.3. The molecule has 0 saturated heterocycles. The number of hydrogen-bond donors (Lipinski definition) is 6. The predicted octanol–water partition coefficient (Wildman–Crippen LogP) is -0.521. The van der Waals surface area contributed by atoms with Crippen LogP contribution in [0.2, 0.25) is 0 Å². The first-order valence-electron chi connectivity index (χ1n) is 8.53. The number of carbonyl (C=O) groups excluding carboxylic acids is 1. The van der Waals surface area contributed by atoms with E-state index in [0.717, 1.165) is 5.56 Å². The monoisotopic (exact) mass is 393 g/mol. The quantitative estimate of drug-likeness (QED) is 0.326. The fourth-order valence-corrected chi connectivity index (χ4v) is 2.40. The van der Waals surface area contributed by atoms with Gasteiger partial charge in [-0.15, -0.1) is 0 Å². The van der Waals surface area contributed by atoms with Gasteiger partial charge in [0.15, 0.2) is 11.9 Å². The summed E-state index contributed by atoms with van der Waals surface area (Å²) in [6.45, 7) is 0.867. The first-order chi connectivity index (χ1) is 13.3. The molecule has 0 aliphatic carbocycles. The van der Waals surface area contributed by atoms with E-state index in [-0.39, 0.29) is 24.7 Å². The number of urea groups is 1. The second-order valence-corrected chi connectivity index (χ2v) is 6.20. The third-order valence-electron chi connectivity index (χ3n) is 3.91. The number of nitrogens with one attached hydrogen (secondary N) is 2. The fourth-order valence-electron chi connectivity index (χ4n) is 2.40. The summed E-state index contributed by atoms with van der Waals surface area (Å²) in [6, 6.07) is 5.19. The van der Waals surface area contributed by atoms with Crippen molar-refractivity contribution in [2.24, 2.45) is 5.73 Å². The van der Waals surface area contributed by atoms with Crippen LogP contribution in [0.4, 0.5) is 4.79 Å². The zero-order valence-electron chi connectivity index (χ0n) is 15.1. The minimum absolute atomic E-state index is 0.0434. The minimum Gasteiger partial charge on any atom is -0.480 e. The average Bonchev–Trinajstić information content (AvgIpc) is 3.15. The van der Waals surface area contributed by atoms with Gasteiger partial charge in [0.05, 0.1) is 18.8 Å². The highest BCUT2D eigenvalue weighted by Crippen LogP contribution is 2.18. The molecular formula is C17H23N5O6. The Morgan fingerprint density at radius 2 is 1.93 bits per heavy atom. The molecule has 11 nitrogen and oxygen atoms in total. The van der Waals surface area contributed by atoms with Gasteiger partial charge in [0.1, 0.15) is 6.04 Å². The molecule has 2 aromatic rings. The lowest BCUT2D eigenvalue weighted by Gasteiger charge is -2.20. The Morgan fingerprint density at radius 1 is 1.25 bits per heavy atom. The number of aliphatic carboxylic acids is 1. The van der Waals surface area contributed by atoms with E-state index >= 15 is 0 Å². The number of nitrogens with two attached hydrogens (primary N) is 1. The van der Waals surface area contributed by atoms with Crippen LogP contribution >= 0.6 is 0 Å². The Labute approximate surface area is 160 Å². The van der Waals surface area contributed by atoms with Gasteiger partial charge in [-0.25, -0.2) is 9.59 Å². The molecule has 0 bridgehead atoms. The Bertz CT molecular complexity index is 781. The third kappa shape index (κ3) is 5.74. The van der Waals surface area contributed by atoms with Crippen molar-refractivity contribution in [2.45, 2.75) is 37.6 Å². The molecule has 1 aromatic heterocycles. The van der Waals surface area contributed by atoms with Gasteiger partial charge in [0.2, 0.25) is 5.89 Å². The van der Waals surface area contributed by atoms with Crippen LogP contribution < -0.4 is 16.4 Å². The highest BCUT2D eigenvalue weighted by atomic mass is 16.5. The summed E-state index contributed by atoms with van der Waals surface area (Å²) >= 11 is 0. The van der Waals surface area contributed by atoms with Crippen molar-refractivity contribution >= 4 is 12.0 Å². The molecule has 2 rings (SSSR count). The maximum atomic E-state index is 12.3. The molecule has 0 spiro atoms. The molecule has 0 saturated carbocycles. The van der Waals surface area contributed by atoms with Crippen LogP contribution in [0.25, 0.3) is 0 Å². The number of aliphatic hydroxyl groups excluding tert-OH is 2. The first-order valence-corrected chi connectivity index (χ1v) is 8.53. The van der Waals surface area contributed by atoms with Crippen LogP contribution in [0.3, 0.4) is 0 Å². The second kappa shape index (κ2) is 9.78. The molecule has 1 heterocycles. The lowest BCUT2D eigenvalue weighted by Crippen LogP contribution is -2.51. The van der Waals surface area contributed by atoms with Crippen molar-refractivity contribution in [1.82, 2.24) is 20.8 Å². The van der Waals surface area contributed by atoms with Gasteiger partial charge in [0, 0.05) is 6.42 Å². The highest BCUT2D eigenvalue weighted by Gasteiger charge is 2.28. The van der Waals surface area contributed by atoms with Crippen molar-refractivity contribution < 1.29 is 29.4 Å². The van der Waals surface area contributed by atoms with Gasteiger partial charge in [-0.3, -0.25) is 0 Å². The van der Waals surface area contributed by atoms with E-state index in [9.17, 15) is 14.7 Å². The molecule has 0 aliphatic rings. The molecular weight excluding hydrogens is 370 g/mol. The van der Waals surface area contributed by atoms with E-state index in [4.69, 9.17) is 20.5 Å². The lowest BCUT2D eigenvalue weighted by atomic mass is 10.1. The summed E-state index contributed by atoms with van der Waals surface area (Å²) in [5, 5.41) is 36.2. The van der Waals surface area contributed by atoms with Crippen LogP contribution in [0.15, 0.2) is 34.9 Å². The SMILES string of the molecule is CC(O)[C@H](NC(=O)N[C@@H](Cc1ccccc1)c1nc([C@@H](N)CO)no1)C(=O)O. The topological polar surface area (TPSA) is 184 Å². The van der Waals surface area contributed by atoms with Crippen LogP contribution in [-0.2, 0) is 11.2 Å². The van der Waals surface area contributed by atoms with Gasteiger partial charge >= 0.3 is 12.0 Å². The first kappa shape index (κ1) is 21.3. The van der Waals surface area contributed by atoms with E-state index in [1.54, 1.807) is 0 Å². The Morgan fingerprint density at radius 3 is 2.50 bits per heavy atom. The standard InChI is InChI=1S/C17H23N5O6/c1-9(24)13(16(25)26)20-17(27)19-12(7-10-5-3-2-4-6-10)15-21-14(22-28-15)11(18)8-23/h2-6,9,11-13,23-24H,7-8,18H2,1H3,(H,25,26)(H2,19,20,27)/t9?,11-,12-,13-/m0/s1. The molecule has 11 heteroatoms. The maximum Gasteiger partial charge on any atom is 0.328 e. The molecule has 2 amide bonds. The second-order valence-electron chi connectivity index (χ2n) is 6.20. The summed E-state index contributed by atoms with van der Waals surface area (Å²) in [4.78, 5) is 27.5. The van der Waals surface area contributed by atoms with Crippen LogP contribution in [0.1, 0.15) is 36.3 Å². The van der Waals surface area contributed by atoms with E-state index in [2.05, 4.69) is 20.8 Å². The summed E-state index contributed by atoms with van der Waals surface area (Å²) in [6.07, 6.45) is -1.02. The van der Waals surface area contributed by atoms with E-state index in [1.807, 2.05) is 30.3 Å². The number of amides is 2. The number of hydrogen-bond acceptors (Lipinski definition) is 8. The normalized spacial score (nSPS) is 15.3. The number of carbonyl (C=O) groups is 2. The smallest absolute Gasteiger partial charge is 0.328 e. The van der Waals surface area contributed by atoms with Gasteiger partial charge in [-0.2, -0.15) is 4.98 Å². The van der Waals surface area contributed by atoms with Gasteiger partial charge in [-0.05, 0) is 12.5 Å². The Kier molecular flexibility index (Phi) is 7.44. The molecule has 7 N–H and O–H groups in total. The summed E-state index contributed by atoms with van der Waals surface area (Å²) in [5.74, 6) is -1.26. The number of rotatable bonds is 9. The molecule has 0 radical (unpaired) electrons. The van der Waals surface area contributed by atoms with Gasteiger partial charge < -0.3 is 36.2 Å². The molecule has 4 atom stereocenters. The fraction of sp³-hybridized carbons (Fsp3) is 0.412. The van der Waals surface area contributed by atoms with E-state index in [0.29, 0.717) is 0 Å². The molecule has 0 fully saturated rings. The number of aliphatic hydroxyl groups is 2. The Hall–Kier alpha value is -3.02. The lowest BCUT2D eigenvalue weighted by molar-refractivity contribution is -0.141. The summed E-state index contributed by atoms with van der Waals surface area (Å²) in [5.41, 5.74) is 6.52. The summed E-state index contributed by atoms with van der Waals surface area (Å²) < 4.78 is 5.16. The van der Waals surface area contributed by atoms with Gasteiger partial charge in [-0.1, -0.05) is 35.5 Å². The average molecular weight is 393 g/mol. The predicted molar refractivity (Wildman–Crippen MR) is 96.0 cm³/mol. The van der Waals surface area contributed by atoms with E-state index in [1.165, 1.54) is 6.92 Å². The van der Waals surface area contributed by atoms with Crippen molar-refractivity contribution in [3.05, 3.63) is 47.6 Å². The highest BCUT2D eigenvalue weighted by molar-refractivity contribution is 5.83. The molecule has 28 heavy (non-hydrogen) atoms. The van der Waals surface area contributed by atoms with Gasteiger partial charge in [0.25, 0.3) is 0 Å². The van der Waals surface area contributed by atoms with E-state index < -0.39 is 36.2 Å². The van der Waals surface area contributed by atoms with Crippen molar-refractivity contribution in [3.63, 3.8) is 0 Å². The number of aromatic nitrogens is 2. The van der Waals surface area contributed by atoms with Crippen LogP contribution in [0, 0.1) is 0 Å². The zero-order chi connectivity index (χ0) is 20.7. The minimum atomic E-state index is -1.49. The zero-order valence-corrected chi connectivity index (χ0v) is 15.1. The van der Waals surface area contributed by atoms with Crippen molar-refractivity contribution in [1.29, 1.82) is 0 Å². The Balaban J connectivity index is 2.19. The number of benzene rings is 1. The summed E-state index contributed by atoms with van der Waals surface area (Å²) in [7, 11) is 0. The number of carboxylic acid groups (broad SMARTS) is 1.